The van der Waals surface area contributed by atoms with Crippen molar-refractivity contribution >= 4 is 11.6 Å². The van der Waals surface area contributed by atoms with Gasteiger partial charge in [-0.15, -0.1) is 0 Å². The van der Waals surface area contributed by atoms with Gasteiger partial charge in [0.2, 0.25) is 0 Å². The second kappa shape index (κ2) is 6.99. The highest BCUT2D eigenvalue weighted by atomic mass is 16.1. The van der Waals surface area contributed by atoms with Crippen molar-refractivity contribution in [1.82, 2.24) is 0 Å². The van der Waals surface area contributed by atoms with Gasteiger partial charge in [0.15, 0.2) is 0 Å². The van der Waals surface area contributed by atoms with Crippen molar-refractivity contribution in [2.24, 2.45) is 0 Å². The predicted octanol–water partition coefficient (Wildman–Crippen LogP) is 5.60. The lowest BCUT2D eigenvalue weighted by atomic mass is 9.84. The topological polar surface area (TPSA) is 29.1 Å². The SMILES string of the molecule is Cc1ccc(NC(=O)c2ccc(C3CCCCC3)cc2)c(C)c1. The number of aryl methyl sites for hydroxylation is 2. The molecule has 0 aliphatic heterocycles. The Morgan fingerprint density at radius 3 is 2.30 bits per heavy atom. The van der Waals surface area contributed by atoms with Crippen LogP contribution in [0.15, 0.2) is 42.5 Å². The normalized spacial score (nSPS) is 15.4. The number of carbonyl (C=O) groups excluding carboxylic acids is 1. The molecule has 0 atom stereocenters. The quantitative estimate of drug-likeness (QED) is 0.785. The maximum Gasteiger partial charge on any atom is 0.255 e. The van der Waals surface area contributed by atoms with Crippen molar-refractivity contribution in [3.63, 3.8) is 0 Å². The molecule has 1 fully saturated rings. The molecule has 3 rings (SSSR count). The molecule has 0 saturated heterocycles. The first-order valence-electron chi connectivity index (χ1n) is 8.62. The third-order valence-corrected chi connectivity index (χ3v) is 4.88. The van der Waals surface area contributed by atoms with E-state index in [1.54, 1.807) is 0 Å². The van der Waals surface area contributed by atoms with Crippen LogP contribution >= 0.6 is 0 Å². The van der Waals surface area contributed by atoms with E-state index in [1.807, 2.05) is 31.2 Å². The lowest BCUT2D eigenvalue weighted by Crippen LogP contribution is -2.13. The third-order valence-electron chi connectivity index (χ3n) is 4.88. The molecule has 1 amide bonds. The molecule has 1 aliphatic carbocycles. The number of nitrogens with one attached hydrogen (secondary N) is 1. The Labute approximate surface area is 138 Å². The minimum atomic E-state index is -0.0350. The standard InChI is InChI=1S/C21H25NO/c1-15-8-13-20(16(2)14-15)22-21(23)19-11-9-18(10-12-19)17-6-4-3-5-7-17/h8-14,17H,3-7H2,1-2H3,(H,22,23). The first-order valence-corrected chi connectivity index (χ1v) is 8.62. The van der Waals surface area contributed by atoms with E-state index in [0.29, 0.717) is 5.92 Å². The smallest absolute Gasteiger partial charge is 0.255 e. The summed E-state index contributed by atoms with van der Waals surface area (Å²) in [5.74, 6) is 0.646. The fraction of sp³-hybridized carbons (Fsp3) is 0.381. The van der Waals surface area contributed by atoms with Crippen LogP contribution < -0.4 is 5.32 Å². The summed E-state index contributed by atoms with van der Waals surface area (Å²) in [7, 11) is 0. The van der Waals surface area contributed by atoms with Gasteiger partial charge >= 0.3 is 0 Å². The van der Waals surface area contributed by atoms with E-state index in [4.69, 9.17) is 0 Å². The van der Waals surface area contributed by atoms with Crippen molar-refractivity contribution in [1.29, 1.82) is 0 Å². The van der Waals surface area contributed by atoms with Gasteiger partial charge in [-0.25, -0.2) is 0 Å². The van der Waals surface area contributed by atoms with Gasteiger partial charge < -0.3 is 5.32 Å². The van der Waals surface area contributed by atoms with Crippen LogP contribution in [-0.2, 0) is 0 Å². The molecule has 1 N–H and O–H groups in total. The molecule has 2 aromatic rings. The van der Waals surface area contributed by atoms with Gasteiger partial charge in [0.1, 0.15) is 0 Å². The van der Waals surface area contributed by atoms with Crippen LogP contribution in [0.25, 0.3) is 0 Å². The molecule has 0 bridgehead atoms. The molecular formula is C21H25NO. The van der Waals surface area contributed by atoms with Crippen molar-refractivity contribution in [2.75, 3.05) is 5.32 Å². The van der Waals surface area contributed by atoms with Crippen LogP contribution in [-0.4, -0.2) is 5.91 Å². The lowest BCUT2D eigenvalue weighted by molar-refractivity contribution is 0.102. The van der Waals surface area contributed by atoms with Crippen LogP contribution in [0.1, 0.15) is 65.1 Å². The number of hydrogen-bond acceptors (Lipinski definition) is 1. The van der Waals surface area contributed by atoms with Gasteiger partial charge in [0.25, 0.3) is 5.91 Å². The molecule has 1 aliphatic rings. The lowest BCUT2D eigenvalue weighted by Gasteiger charge is -2.22. The Bertz CT molecular complexity index is 681. The van der Waals surface area contributed by atoms with Crippen LogP contribution in [0.2, 0.25) is 0 Å². The monoisotopic (exact) mass is 307 g/mol. The highest BCUT2D eigenvalue weighted by Crippen LogP contribution is 2.32. The summed E-state index contributed by atoms with van der Waals surface area (Å²) in [6.45, 7) is 4.08. The molecule has 0 heterocycles. The number of benzene rings is 2. The third kappa shape index (κ3) is 3.82. The molecule has 2 heteroatoms. The van der Waals surface area contributed by atoms with Crippen LogP contribution in [0, 0.1) is 13.8 Å². The molecule has 0 aromatic heterocycles. The predicted molar refractivity (Wildman–Crippen MR) is 96.1 cm³/mol. The minimum Gasteiger partial charge on any atom is -0.322 e. The number of anilines is 1. The summed E-state index contributed by atoms with van der Waals surface area (Å²) in [4.78, 5) is 12.4. The van der Waals surface area contributed by atoms with Crippen molar-refractivity contribution in [3.8, 4) is 0 Å². The van der Waals surface area contributed by atoms with E-state index < -0.39 is 0 Å². The maximum atomic E-state index is 12.4. The van der Waals surface area contributed by atoms with Gasteiger partial charge in [-0.1, -0.05) is 49.1 Å². The Morgan fingerprint density at radius 2 is 1.65 bits per heavy atom. The van der Waals surface area contributed by atoms with E-state index in [-0.39, 0.29) is 5.91 Å². The molecule has 0 unspecified atom stereocenters. The van der Waals surface area contributed by atoms with E-state index in [2.05, 4.69) is 30.4 Å². The summed E-state index contributed by atoms with van der Waals surface area (Å²) in [5.41, 5.74) is 5.30. The van der Waals surface area contributed by atoms with E-state index in [9.17, 15) is 4.79 Å². The summed E-state index contributed by atoms with van der Waals surface area (Å²) in [5, 5.41) is 3.01. The van der Waals surface area contributed by atoms with E-state index in [1.165, 1.54) is 43.2 Å². The molecule has 1 saturated carbocycles. The van der Waals surface area contributed by atoms with E-state index in [0.717, 1.165) is 16.8 Å². The zero-order valence-corrected chi connectivity index (χ0v) is 14.1. The molecule has 23 heavy (non-hydrogen) atoms. The molecule has 0 spiro atoms. The second-order valence-corrected chi connectivity index (χ2v) is 6.73. The van der Waals surface area contributed by atoms with Gasteiger partial charge in [-0.05, 0) is 61.9 Å². The van der Waals surface area contributed by atoms with Crippen molar-refractivity contribution in [3.05, 3.63) is 64.7 Å². The zero-order valence-electron chi connectivity index (χ0n) is 14.1. The fourth-order valence-electron chi connectivity index (χ4n) is 3.49. The van der Waals surface area contributed by atoms with Crippen molar-refractivity contribution in [2.45, 2.75) is 51.9 Å². The Hall–Kier alpha value is -2.09. The molecule has 120 valence electrons. The Kier molecular flexibility index (Phi) is 4.80. The number of rotatable bonds is 3. The first kappa shape index (κ1) is 15.8. The first-order chi connectivity index (χ1) is 11.1. The number of amides is 1. The minimum absolute atomic E-state index is 0.0350. The molecular weight excluding hydrogens is 282 g/mol. The average Bonchev–Trinajstić information content (AvgIpc) is 2.58. The maximum absolute atomic E-state index is 12.4. The van der Waals surface area contributed by atoms with Crippen molar-refractivity contribution < 1.29 is 4.79 Å². The molecule has 2 aromatic carbocycles. The fourth-order valence-corrected chi connectivity index (χ4v) is 3.49. The zero-order chi connectivity index (χ0) is 16.2. The highest BCUT2D eigenvalue weighted by molar-refractivity contribution is 6.04. The largest absolute Gasteiger partial charge is 0.322 e. The van der Waals surface area contributed by atoms with Gasteiger partial charge in [0, 0.05) is 11.3 Å². The van der Waals surface area contributed by atoms with Crippen LogP contribution in [0.3, 0.4) is 0 Å². The van der Waals surface area contributed by atoms with Gasteiger partial charge in [-0.3, -0.25) is 4.79 Å². The highest BCUT2D eigenvalue weighted by Gasteiger charge is 2.16. The van der Waals surface area contributed by atoms with Crippen LogP contribution in [0.5, 0.6) is 0 Å². The molecule has 2 nitrogen and oxygen atoms in total. The van der Waals surface area contributed by atoms with Crippen LogP contribution in [0.4, 0.5) is 5.69 Å². The second-order valence-electron chi connectivity index (χ2n) is 6.73. The van der Waals surface area contributed by atoms with Gasteiger partial charge in [0.05, 0.1) is 0 Å². The molecule has 0 radical (unpaired) electrons. The van der Waals surface area contributed by atoms with E-state index >= 15 is 0 Å². The summed E-state index contributed by atoms with van der Waals surface area (Å²) >= 11 is 0. The number of hydrogen-bond donors (Lipinski definition) is 1. The average molecular weight is 307 g/mol. The summed E-state index contributed by atoms with van der Waals surface area (Å²) in [6.07, 6.45) is 6.61. The van der Waals surface area contributed by atoms with Gasteiger partial charge in [-0.2, -0.15) is 0 Å². The Morgan fingerprint density at radius 1 is 0.957 bits per heavy atom. The number of carbonyl (C=O) groups is 1. The summed E-state index contributed by atoms with van der Waals surface area (Å²) < 4.78 is 0. The Balaban J connectivity index is 1.69. The summed E-state index contributed by atoms with van der Waals surface area (Å²) in [6, 6.07) is 14.3.